The second-order valence-electron chi connectivity index (χ2n) is 6.27. The molecule has 2 N–H and O–H groups in total. The van der Waals surface area contributed by atoms with Crippen LogP contribution in [0.1, 0.15) is 29.3 Å². The van der Waals surface area contributed by atoms with Gasteiger partial charge in [0.2, 0.25) is 11.8 Å². The third-order valence-electron chi connectivity index (χ3n) is 4.72. The zero-order valence-electron chi connectivity index (χ0n) is 12.6. The third kappa shape index (κ3) is 2.73. The third-order valence-corrected chi connectivity index (χ3v) is 5.29. The zero-order chi connectivity index (χ0) is 16.0. The van der Waals surface area contributed by atoms with Crippen LogP contribution in [-0.4, -0.2) is 41.9 Å². The van der Waals surface area contributed by atoms with E-state index in [1.807, 2.05) is 23.1 Å². The second-order valence-corrected chi connectivity index (χ2v) is 6.76. The summed E-state index contributed by atoms with van der Waals surface area (Å²) in [4.78, 5) is 25.5. The maximum atomic E-state index is 12.1. The van der Waals surface area contributed by atoms with Gasteiger partial charge < -0.3 is 10.1 Å². The minimum absolute atomic E-state index is 0.131. The molecule has 0 spiro atoms. The van der Waals surface area contributed by atoms with E-state index in [9.17, 15) is 9.59 Å². The van der Waals surface area contributed by atoms with E-state index in [2.05, 4.69) is 23.3 Å². The molecule has 0 saturated carbocycles. The number of piperidine rings is 1. The Balaban J connectivity index is 1.51. The van der Waals surface area contributed by atoms with Gasteiger partial charge in [0.05, 0.1) is 11.4 Å². The monoisotopic (exact) mass is 333 g/mol. The first-order valence-electron chi connectivity index (χ1n) is 7.89. The van der Waals surface area contributed by atoms with Gasteiger partial charge >= 0.3 is 0 Å². The van der Waals surface area contributed by atoms with Crippen LogP contribution < -0.4 is 15.4 Å². The number of benzene rings is 1. The normalized spacial score (nSPS) is 28.2. The van der Waals surface area contributed by atoms with Gasteiger partial charge in [0, 0.05) is 26.1 Å². The summed E-state index contributed by atoms with van der Waals surface area (Å²) in [6.45, 7) is 2.42. The van der Waals surface area contributed by atoms with Gasteiger partial charge in [0.15, 0.2) is 0 Å². The maximum Gasteiger partial charge on any atom is 0.243 e. The molecule has 4 rings (SSSR count). The van der Waals surface area contributed by atoms with E-state index in [1.165, 1.54) is 0 Å². The Morgan fingerprint density at radius 3 is 2.78 bits per heavy atom. The van der Waals surface area contributed by atoms with Crippen LogP contribution >= 0.6 is 12.6 Å². The first-order chi connectivity index (χ1) is 11.1. The number of ether oxygens (including phenoxy) is 1. The number of fused-ring (bicyclic) bond motifs is 1. The highest BCUT2D eigenvalue weighted by Gasteiger charge is 2.39. The number of carbonyl (C=O) groups excluding carboxylic acids is 2. The average Bonchev–Trinajstić information content (AvgIpc) is 2.80. The van der Waals surface area contributed by atoms with Crippen LogP contribution in [0.15, 0.2) is 18.2 Å². The Morgan fingerprint density at radius 2 is 2.09 bits per heavy atom. The zero-order valence-corrected chi connectivity index (χ0v) is 13.5. The minimum atomic E-state index is -0.303. The molecule has 0 bridgehead atoms. The summed E-state index contributed by atoms with van der Waals surface area (Å²) < 4.78 is 5.90. The van der Waals surface area contributed by atoms with Crippen molar-refractivity contribution in [3.05, 3.63) is 29.3 Å². The molecular weight excluding hydrogens is 314 g/mol. The van der Waals surface area contributed by atoms with E-state index < -0.39 is 0 Å². The minimum Gasteiger partial charge on any atom is -0.488 e. The van der Waals surface area contributed by atoms with Crippen LogP contribution in [0.3, 0.4) is 0 Å². The van der Waals surface area contributed by atoms with Crippen LogP contribution in [0.2, 0.25) is 0 Å². The molecule has 3 aliphatic heterocycles. The van der Waals surface area contributed by atoms with Gasteiger partial charge in [-0.15, -0.1) is 0 Å². The number of imide groups is 1. The number of rotatable bonds is 3. The molecule has 1 aromatic rings. The first-order valence-corrected chi connectivity index (χ1v) is 8.41. The average molecular weight is 333 g/mol. The molecule has 3 aliphatic rings. The number of hydrogen-bond acceptors (Lipinski definition) is 6. The molecular formula is C16H19N3O3S. The van der Waals surface area contributed by atoms with Crippen LogP contribution in [0, 0.1) is 0 Å². The van der Waals surface area contributed by atoms with Crippen molar-refractivity contribution >= 4 is 24.4 Å². The molecule has 0 radical (unpaired) electrons. The molecule has 23 heavy (non-hydrogen) atoms. The number of carbonyl (C=O) groups is 2. The molecule has 2 saturated heterocycles. The predicted octanol–water partition coefficient (Wildman–Crippen LogP) is 0.586. The largest absolute Gasteiger partial charge is 0.488 e. The molecule has 2 unspecified atom stereocenters. The van der Waals surface area contributed by atoms with Crippen LogP contribution in [0.4, 0.5) is 0 Å². The van der Waals surface area contributed by atoms with Crippen molar-refractivity contribution < 1.29 is 14.3 Å². The highest BCUT2D eigenvalue weighted by Crippen LogP contribution is 2.40. The lowest BCUT2D eigenvalue weighted by Crippen LogP contribution is -2.51. The first kappa shape index (κ1) is 15.0. The topological polar surface area (TPSA) is 70.7 Å². The van der Waals surface area contributed by atoms with Gasteiger partial charge in [0.1, 0.15) is 11.9 Å². The van der Waals surface area contributed by atoms with E-state index in [0.29, 0.717) is 19.4 Å². The molecule has 1 aromatic carbocycles. The quantitative estimate of drug-likeness (QED) is 0.558. The maximum absolute atomic E-state index is 12.1. The van der Waals surface area contributed by atoms with E-state index in [0.717, 1.165) is 30.0 Å². The molecule has 0 aliphatic carbocycles. The number of hydrogen-bond donors (Lipinski definition) is 3. The van der Waals surface area contributed by atoms with E-state index in [1.54, 1.807) is 0 Å². The Hall–Kier alpha value is -1.57. The van der Waals surface area contributed by atoms with Gasteiger partial charge in [0.25, 0.3) is 0 Å². The number of amides is 2. The van der Waals surface area contributed by atoms with Gasteiger partial charge in [-0.2, -0.15) is 12.6 Å². The van der Waals surface area contributed by atoms with Gasteiger partial charge in [-0.3, -0.25) is 19.8 Å². The summed E-state index contributed by atoms with van der Waals surface area (Å²) >= 11 is 4.68. The predicted molar refractivity (Wildman–Crippen MR) is 87.2 cm³/mol. The Labute approximate surface area is 140 Å². The standard InChI is InChI=1S/C16H19N3O3S/c20-14-4-3-13(15(21)18-14)19-8-9-5-10(22-11-6-17-7-11)1-2-12(9)16(19)23/h1-2,5,11,13,16-17,23H,3-4,6-8H2,(H,18,20,21). The molecule has 3 heterocycles. The van der Waals surface area contributed by atoms with E-state index >= 15 is 0 Å². The van der Waals surface area contributed by atoms with Gasteiger partial charge in [-0.25, -0.2) is 0 Å². The van der Waals surface area contributed by atoms with E-state index in [4.69, 9.17) is 4.74 Å². The Kier molecular flexibility index (Phi) is 3.79. The van der Waals surface area contributed by atoms with Crippen molar-refractivity contribution in [2.45, 2.75) is 36.9 Å². The molecule has 2 amide bonds. The highest BCUT2D eigenvalue weighted by molar-refractivity contribution is 7.80. The molecule has 2 atom stereocenters. The fourth-order valence-electron chi connectivity index (χ4n) is 3.32. The summed E-state index contributed by atoms with van der Waals surface area (Å²) in [7, 11) is 0. The lowest BCUT2D eigenvalue weighted by Gasteiger charge is -2.32. The van der Waals surface area contributed by atoms with Crippen LogP contribution in [-0.2, 0) is 16.1 Å². The molecule has 122 valence electrons. The van der Waals surface area contributed by atoms with E-state index in [-0.39, 0.29) is 29.3 Å². The fourth-order valence-corrected chi connectivity index (χ4v) is 3.82. The second kappa shape index (κ2) is 5.81. The Bertz CT molecular complexity index is 662. The SMILES string of the molecule is O=C1CCC(N2Cc3cc(OC4CNC4)ccc3C2S)C(=O)N1. The Morgan fingerprint density at radius 1 is 1.26 bits per heavy atom. The lowest BCUT2D eigenvalue weighted by molar-refractivity contribution is -0.137. The van der Waals surface area contributed by atoms with Crippen LogP contribution in [0.25, 0.3) is 0 Å². The fraction of sp³-hybridized carbons (Fsp3) is 0.500. The summed E-state index contributed by atoms with van der Waals surface area (Å²) in [5.74, 6) is 0.453. The van der Waals surface area contributed by atoms with Crippen molar-refractivity contribution in [2.24, 2.45) is 0 Å². The summed E-state index contributed by atoms with van der Waals surface area (Å²) in [6.07, 6.45) is 1.17. The van der Waals surface area contributed by atoms with Crippen molar-refractivity contribution in [2.75, 3.05) is 13.1 Å². The molecule has 7 heteroatoms. The van der Waals surface area contributed by atoms with Crippen molar-refractivity contribution in [3.8, 4) is 5.75 Å². The smallest absolute Gasteiger partial charge is 0.243 e. The summed E-state index contributed by atoms with van der Waals surface area (Å²) in [5, 5.41) is 5.47. The van der Waals surface area contributed by atoms with Crippen LogP contribution in [0.5, 0.6) is 5.75 Å². The van der Waals surface area contributed by atoms with Gasteiger partial charge in [-0.05, 0) is 29.7 Å². The van der Waals surface area contributed by atoms with Crippen molar-refractivity contribution in [1.29, 1.82) is 0 Å². The molecule has 0 aromatic heterocycles. The number of nitrogens with zero attached hydrogens (tertiary/aromatic N) is 1. The molecule has 2 fully saturated rings. The number of nitrogens with one attached hydrogen (secondary N) is 2. The van der Waals surface area contributed by atoms with Crippen molar-refractivity contribution in [1.82, 2.24) is 15.5 Å². The lowest BCUT2D eigenvalue weighted by atomic mass is 10.0. The number of thiol groups is 1. The van der Waals surface area contributed by atoms with Crippen molar-refractivity contribution in [3.63, 3.8) is 0 Å². The highest BCUT2D eigenvalue weighted by atomic mass is 32.1. The summed E-state index contributed by atoms with van der Waals surface area (Å²) in [6, 6.07) is 5.74. The summed E-state index contributed by atoms with van der Waals surface area (Å²) in [5.41, 5.74) is 2.25. The van der Waals surface area contributed by atoms with Gasteiger partial charge in [-0.1, -0.05) is 6.07 Å². The molecule has 6 nitrogen and oxygen atoms in total.